The Balaban J connectivity index is 1.52. The zero-order valence-electron chi connectivity index (χ0n) is 15.9. The molecular weight excluding hydrogens is 397 g/mol. The summed E-state index contributed by atoms with van der Waals surface area (Å²) in [7, 11) is 0. The highest BCUT2D eigenvalue weighted by molar-refractivity contribution is 6.31. The minimum Gasteiger partial charge on any atom is -0.454 e. The quantitative estimate of drug-likeness (QED) is 0.541. The summed E-state index contributed by atoms with van der Waals surface area (Å²) < 4.78 is 18.4. The second-order valence-electron chi connectivity index (χ2n) is 7.03. The average molecular weight is 418 g/mol. The Hall–Kier alpha value is -2.73. The first-order chi connectivity index (χ1) is 13.8. The Morgan fingerprint density at radius 2 is 1.72 bits per heavy atom. The van der Waals surface area contributed by atoms with Gasteiger partial charge in [-0.2, -0.15) is 0 Å². The van der Waals surface area contributed by atoms with E-state index < -0.39 is 17.9 Å². The first kappa shape index (κ1) is 21.0. The Morgan fingerprint density at radius 1 is 1.07 bits per heavy atom. The maximum Gasteiger partial charge on any atom is 0.309 e. The van der Waals surface area contributed by atoms with Crippen LogP contribution in [0.1, 0.15) is 40.5 Å². The number of ether oxygens (including phenoxy) is 1. The van der Waals surface area contributed by atoms with E-state index in [1.807, 2.05) is 0 Å². The summed E-state index contributed by atoms with van der Waals surface area (Å²) >= 11 is 5.90. The van der Waals surface area contributed by atoms with Crippen LogP contribution in [0.2, 0.25) is 5.02 Å². The molecule has 0 aliphatic carbocycles. The van der Waals surface area contributed by atoms with Crippen LogP contribution in [-0.2, 0) is 9.53 Å². The highest BCUT2D eigenvalue weighted by Gasteiger charge is 2.31. The number of piperidine rings is 1. The van der Waals surface area contributed by atoms with Crippen LogP contribution in [0, 0.1) is 11.7 Å². The third-order valence-corrected chi connectivity index (χ3v) is 5.21. The number of benzene rings is 2. The molecule has 2 aromatic carbocycles. The summed E-state index contributed by atoms with van der Waals surface area (Å²) in [5.41, 5.74) is 0.797. The lowest BCUT2D eigenvalue weighted by atomic mass is 9.96. The van der Waals surface area contributed by atoms with Crippen molar-refractivity contribution in [3.63, 3.8) is 0 Å². The number of carbonyl (C=O) groups excluding carboxylic acids is 3. The molecule has 0 aromatic heterocycles. The summed E-state index contributed by atoms with van der Waals surface area (Å²) in [6.45, 7) is 2.33. The molecule has 3 rings (SSSR count). The minimum absolute atomic E-state index is 0.193. The fourth-order valence-corrected chi connectivity index (χ4v) is 3.48. The van der Waals surface area contributed by atoms with Gasteiger partial charge >= 0.3 is 5.97 Å². The van der Waals surface area contributed by atoms with Crippen LogP contribution in [0.15, 0.2) is 48.5 Å². The van der Waals surface area contributed by atoms with Crippen molar-refractivity contribution < 1.29 is 23.5 Å². The van der Waals surface area contributed by atoms with Crippen molar-refractivity contribution in [1.82, 2.24) is 4.90 Å². The summed E-state index contributed by atoms with van der Waals surface area (Å²) in [5.74, 6) is -1.72. The van der Waals surface area contributed by atoms with Crippen molar-refractivity contribution in [2.24, 2.45) is 5.92 Å². The molecule has 0 bridgehead atoms. The van der Waals surface area contributed by atoms with Gasteiger partial charge in [0, 0.05) is 29.2 Å². The molecule has 0 radical (unpaired) electrons. The molecule has 2 aromatic rings. The highest BCUT2D eigenvalue weighted by Crippen LogP contribution is 2.22. The van der Waals surface area contributed by atoms with Crippen LogP contribution in [0.25, 0.3) is 0 Å². The second kappa shape index (κ2) is 9.18. The van der Waals surface area contributed by atoms with Gasteiger partial charge in [-0.15, -0.1) is 0 Å². The third-order valence-electron chi connectivity index (χ3n) is 4.98. The van der Waals surface area contributed by atoms with Crippen molar-refractivity contribution in [1.29, 1.82) is 0 Å². The predicted octanol–water partition coefficient (Wildman–Crippen LogP) is 4.15. The normalized spacial score (nSPS) is 15.6. The van der Waals surface area contributed by atoms with Gasteiger partial charge in [0.2, 0.25) is 5.78 Å². The summed E-state index contributed by atoms with van der Waals surface area (Å²) in [6, 6.07) is 11.9. The molecule has 0 spiro atoms. The number of esters is 1. The fourth-order valence-electron chi connectivity index (χ4n) is 3.29. The molecule has 1 atom stereocenters. The number of likely N-dealkylation sites (tertiary alicyclic amines) is 1. The first-order valence-corrected chi connectivity index (χ1v) is 9.78. The predicted molar refractivity (Wildman–Crippen MR) is 106 cm³/mol. The van der Waals surface area contributed by atoms with Crippen molar-refractivity contribution in [2.75, 3.05) is 13.1 Å². The Bertz CT molecular complexity index is 907. The van der Waals surface area contributed by atoms with Gasteiger partial charge in [0.05, 0.1) is 5.92 Å². The molecule has 1 aliphatic heterocycles. The van der Waals surface area contributed by atoms with Crippen molar-refractivity contribution in [3.05, 3.63) is 70.5 Å². The van der Waals surface area contributed by atoms with Crippen LogP contribution in [-0.4, -0.2) is 41.8 Å². The van der Waals surface area contributed by atoms with E-state index in [9.17, 15) is 18.8 Å². The smallest absolute Gasteiger partial charge is 0.309 e. The number of rotatable bonds is 5. The van der Waals surface area contributed by atoms with E-state index in [0.717, 1.165) is 0 Å². The van der Waals surface area contributed by atoms with Crippen molar-refractivity contribution >= 4 is 29.3 Å². The number of hydrogen-bond acceptors (Lipinski definition) is 4. The van der Waals surface area contributed by atoms with E-state index in [0.29, 0.717) is 42.1 Å². The molecular formula is C22H21ClFNO4. The van der Waals surface area contributed by atoms with Crippen LogP contribution >= 0.6 is 11.6 Å². The Kier molecular flexibility index (Phi) is 6.64. The van der Waals surface area contributed by atoms with Gasteiger partial charge in [-0.25, -0.2) is 4.39 Å². The van der Waals surface area contributed by atoms with Crippen LogP contribution in [0.3, 0.4) is 0 Å². The molecule has 1 aliphatic rings. The number of amides is 1. The Morgan fingerprint density at radius 3 is 2.34 bits per heavy atom. The Labute approximate surface area is 173 Å². The maximum absolute atomic E-state index is 13.0. The molecule has 7 heteroatoms. The molecule has 1 fully saturated rings. The topological polar surface area (TPSA) is 63.7 Å². The van der Waals surface area contributed by atoms with E-state index >= 15 is 0 Å². The second-order valence-corrected chi connectivity index (χ2v) is 7.46. The molecule has 1 saturated heterocycles. The minimum atomic E-state index is -0.917. The zero-order chi connectivity index (χ0) is 21.0. The molecule has 0 N–H and O–H groups in total. The summed E-state index contributed by atoms with van der Waals surface area (Å²) in [6.07, 6.45) is -0.0203. The van der Waals surface area contributed by atoms with Crippen LogP contribution in [0.5, 0.6) is 0 Å². The number of Topliss-reactive ketones (excluding diaryl/α,β-unsaturated/α-hetero) is 1. The molecule has 152 valence electrons. The number of nitrogens with zero attached hydrogens (tertiary/aromatic N) is 1. The van der Waals surface area contributed by atoms with Gasteiger partial charge < -0.3 is 9.64 Å². The lowest BCUT2D eigenvalue weighted by Crippen LogP contribution is -2.41. The molecule has 29 heavy (non-hydrogen) atoms. The number of carbonyl (C=O) groups is 3. The van der Waals surface area contributed by atoms with E-state index in [1.165, 1.54) is 37.3 Å². The molecule has 5 nitrogen and oxygen atoms in total. The lowest BCUT2D eigenvalue weighted by Gasteiger charge is -2.31. The van der Waals surface area contributed by atoms with Crippen LogP contribution < -0.4 is 0 Å². The summed E-state index contributed by atoms with van der Waals surface area (Å²) in [4.78, 5) is 39.0. The van der Waals surface area contributed by atoms with Gasteiger partial charge in [-0.1, -0.05) is 23.7 Å². The number of ketones is 1. The van der Waals surface area contributed by atoms with Gasteiger partial charge in [0.1, 0.15) is 5.82 Å². The average Bonchev–Trinajstić information content (AvgIpc) is 2.73. The highest BCUT2D eigenvalue weighted by atomic mass is 35.5. The standard InChI is InChI=1S/C22H21ClFNO4/c1-14(20(26)17-3-2-4-18(23)13-17)29-22(28)16-9-11-25(12-10-16)21(27)15-5-7-19(24)8-6-15/h2-8,13-14,16H,9-12H2,1H3. The van der Waals surface area contributed by atoms with Gasteiger partial charge in [0.15, 0.2) is 6.10 Å². The molecule has 0 saturated carbocycles. The SMILES string of the molecule is CC(OC(=O)C1CCN(C(=O)c2ccc(F)cc2)CC1)C(=O)c1cccc(Cl)c1. The van der Waals surface area contributed by atoms with Crippen molar-refractivity contribution in [3.8, 4) is 0 Å². The monoisotopic (exact) mass is 417 g/mol. The lowest BCUT2D eigenvalue weighted by molar-refractivity contribution is -0.152. The largest absolute Gasteiger partial charge is 0.454 e. The molecule has 1 amide bonds. The zero-order valence-corrected chi connectivity index (χ0v) is 16.7. The fraction of sp³-hybridized carbons (Fsp3) is 0.318. The van der Waals surface area contributed by atoms with E-state index in [2.05, 4.69) is 0 Å². The van der Waals surface area contributed by atoms with E-state index in [1.54, 1.807) is 23.1 Å². The van der Waals surface area contributed by atoms with Crippen LogP contribution in [0.4, 0.5) is 4.39 Å². The van der Waals surface area contributed by atoms with E-state index in [4.69, 9.17) is 16.3 Å². The van der Waals surface area contributed by atoms with Gasteiger partial charge in [0.25, 0.3) is 5.91 Å². The van der Waals surface area contributed by atoms with Gasteiger partial charge in [-0.05, 0) is 56.2 Å². The molecule has 1 heterocycles. The first-order valence-electron chi connectivity index (χ1n) is 9.40. The number of halogens is 2. The maximum atomic E-state index is 13.0. The molecule has 1 unspecified atom stereocenters. The van der Waals surface area contributed by atoms with Crippen molar-refractivity contribution in [2.45, 2.75) is 25.9 Å². The van der Waals surface area contributed by atoms with E-state index in [-0.39, 0.29) is 17.6 Å². The van der Waals surface area contributed by atoms with Gasteiger partial charge in [-0.3, -0.25) is 14.4 Å². The number of hydrogen-bond donors (Lipinski definition) is 0. The third kappa shape index (κ3) is 5.21. The summed E-state index contributed by atoms with van der Waals surface area (Å²) in [5, 5.41) is 0.438.